The van der Waals surface area contributed by atoms with Crippen molar-refractivity contribution < 1.29 is 22.4 Å². The van der Waals surface area contributed by atoms with E-state index < -0.39 is 30.5 Å². The number of likely N-dealkylation sites (N-methyl/N-ethyl adjacent to an activating group) is 1. The maximum absolute atomic E-state index is 14.1. The maximum atomic E-state index is 14.1. The van der Waals surface area contributed by atoms with E-state index in [2.05, 4.69) is 5.32 Å². The second kappa shape index (κ2) is 7.48. The third kappa shape index (κ3) is 5.45. The van der Waals surface area contributed by atoms with E-state index in [0.717, 1.165) is 17.7 Å². The van der Waals surface area contributed by atoms with Gasteiger partial charge in [-0.2, -0.15) is 13.2 Å². The Morgan fingerprint density at radius 2 is 2.08 bits per heavy atom. The zero-order chi connectivity index (χ0) is 17.9. The first-order valence-electron chi connectivity index (χ1n) is 7.76. The van der Waals surface area contributed by atoms with Gasteiger partial charge in [0.05, 0.1) is 12.1 Å². The Morgan fingerprint density at radius 3 is 2.58 bits per heavy atom. The minimum absolute atomic E-state index is 0.0120. The molecule has 1 aromatic carbocycles. The van der Waals surface area contributed by atoms with Gasteiger partial charge in [0.15, 0.2) is 0 Å². The summed E-state index contributed by atoms with van der Waals surface area (Å²) in [7, 11) is 1.33. The van der Waals surface area contributed by atoms with E-state index in [0.29, 0.717) is 5.56 Å². The quantitative estimate of drug-likeness (QED) is 0.743. The van der Waals surface area contributed by atoms with Crippen LogP contribution in [0.4, 0.5) is 17.6 Å². The van der Waals surface area contributed by atoms with Gasteiger partial charge in [-0.1, -0.05) is 6.07 Å². The lowest BCUT2D eigenvalue weighted by molar-refractivity contribution is -0.147. The van der Waals surface area contributed by atoms with Gasteiger partial charge in [-0.25, -0.2) is 4.39 Å². The van der Waals surface area contributed by atoms with Crippen LogP contribution in [-0.2, 0) is 6.42 Å². The Hall–Kier alpha value is -1.67. The van der Waals surface area contributed by atoms with Crippen LogP contribution in [0.3, 0.4) is 0 Å². The van der Waals surface area contributed by atoms with Gasteiger partial charge in [-0.05, 0) is 44.0 Å². The van der Waals surface area contributed by atoms with Crippen molar-refractivity contribution in [3.8, 4) is 0 Å². The van der Waals surface area contributed by atoms with Crippen molar-refractivity contribution in [2.45, 2.75) is 37.5 Å². The Kier molecular flexibility index (Phi) is 5.82. The highest BCUT2D eigenvalue weighted by atomic mass is 19.4. The van der Waals surface area contributed by atoms with Crippen molar-refractivity contribution in [2.24, 2.45) is 5.73 Å². The molecule has 1 fully saturated rings. The van der Waals surface area contributed by atoms with Gasteiger partial charge in [-0.3, -0.25) is 9.69 Å². The highest BCUT2D eigenvalue weighted by Crippen LogP contribution is 2.21. The topological polar surface area (TPSA) is 58.4 Å². The number of carbonyl (C=O) groups is 1. The fourth-order valence-corrected chi connectivity index (χ4v) is 2.46. The lowest BCUT2D eigenvalue weighted by atomic mass is 10.0. The van der Waals surface area contributed by atoms with Crippen LogP contribution in [0, 0.1) is 5.82 Å². The van der Waals surface area contributed by atoms with Crippen molar-refractivity contribution in [1.29, 1.82) is 0 Å². The number of benzene rings is 1. The van der Waals surface area contributed by atoms with Crippen LogP contribution in [-0.4, -0.2) is 49.2 Å². The summed E-state index contributed by atoms with van der Waals surface area (Å²) >= 11 is 0. The third-order valence-electron chi connectivity index (χ3n) is 3.99. The number of nitrogens with two attached hydrogens (primary N) is 1. The minimum Gasteiger partial charge on any atom is -0.349 e. The molecule has 0 aromatic heterocycles. The van der Waals surface area contributed by atoms with Crippen molar-refractivity contribution in [3.63, 3.8) is 0 Å². The number of nitrogens with zero attached hydrogens (tertiary/aromatic N) is 1. The van der Waals surface area contributed by atoms with Crippen LogP contribution >= 0.6 is 0 Å². The monoisotopic (exact) mass is 347 g/mol. The molecule has 0 heterocycles. The number of halogens is 4. The molecule has 134 valence electrons. The van der Waals surface area contributed by atoms with Gasteiger partial charge in [-0.15, -0.1) is 0 Å². The number of hydrogen-bond donors (Lipinski definition) is 2. The molecule has 2 rings (SSSR count). The Bertz CT molecular complexity index is 587. The van der Waals surface area contributed by atoms with Gasteiger partial charge in [0, 0.05) is 18.6 Å². The zero-order valence-corrected chi connectivity index (χ0v) is 13.4. The summed E-state index contributed by atoms with van der Waals surface area (Å²) in [5.41, 5.74) is 5.99. The fourth-order valence-electron chi connectivity index (χ4n) is 2.46. The van der Waals surface area contributed by atoms with Crippen molar-refractivity contribution in [2.75, 3.05) is 20.1 Å². The normalized spacial score (nSPS) is 16.3. The van der Waals surface area contributed by atoms with Gasteiger partial charge in [0.2, 0.25) is 0 Å². The summed E-state index contributed by atoms with van der Waals surface area (Å²) in [6.45, 7) is -1.07. The minimum atomic E-state index is -4.32. The highest BCUT2D eigenvalue weighted by molar-refractivity contribution is 5.94. The first-order valence-corrected chi connectivity index (χ1v) is 7.76. The van der Waals surface area contributed by atoms with Crippen LogP contribution in [0.1, 0.15) is 28.8 Å². The van der Waals surface area contributed by atoms with Gasteiger partial charge < -0.3 is 11.1 Å². The van der Waals surface area contributed by atoms with Crippen molar-refractivity contribution in [1.82, 2.24) is 10.2 Å². The summed E-state index contributed by atoms with van der Waals surface area (Å²) in [4.78, 5) is 13.0. The summed E-state index contributed by atoms with van der Waals surface area (Å²) in [5, 5.41) is 2.69. The molecule has 1 aliphatic rings. The number of carbonyl (C=O) groups excluding carboxylic acids is 1. The summed E-state index contributed by atoms with van der Waals surface area (Å²) < 4.78 is 51.5. The molecule has 3 N–H and O–H groups in total. The molecule has 1 amide bonds. The first-order chi connectivity index (χ1) is 11.2. The van der Waals surface area contributed by atoms with Gasteiger partial charge >= 0.3 is 6.18 Å². The molecule has 8 heteroatoms. The molecule has 1 aliphatic carbocycles. The zero-order valence-electron chi connectivity index (χ0n) is 13.4. The van der Waals surface area contributed by atoms with Gasteiger partial charge in [0.1, 0.15) is 5.82 Å². The first kappa shape index (κ1) is 18.7. The van der Waals surface area contributed by atoms with Crippen molar-refractivity contribution >= 4 is 5.91 Å². The molecule has 0 radical (unpaired) electrons. The largest absolute Gasteiger partial charge is 0.401 e. The van der Waals surface area contributed by atoms with Crippen LogP contribution < -0.4 is 11.1 Å². The van der Waals surface area contributed by atoms with E-state index in [-0.39, 0.29) is 24.6 Å². The number of hydrogen-bond acceptors (Lipinski definition) is 3. The second-order valence-corrected chi connectivity index (χ2v) is 6.19. The van der Waals surface area contributed by atoms with Crippen LogP contribution in [0.5, 0.6) is 0 Å². The molecule has 0 bridgehead atoms. The number of alkyl halides is 3. The van der Waals surface area contributed by atoms with E-state index in [1.807, 2.05) is 0 Å². The maximum Gasteiger partial charge on any atom is 0.401 e. The Morgan fingerprint density at radius 1 is 1.42 bits per heavy atom. The van der Waals surface area contributed by atoms with E-state index in [4.69, 9.17) is 5.73 Å². The lowest BCUT2D eigenvalue weighted by Gasteiger charge is -2.28. The Balaban J connectivity index is 2.02. The molecule has 1 aromatic rings. The van der Waals surface area contributed by atoms with Crippen LogP contribution in [0.2, 0.25) is 0 Å². The van der Waals surface area contributed by atoms with E-state index in [1.165, 1.54) is 19.2 Å². The van der Waals surface area contributed by atoms with Crippen molar-refractivity contribution in [3.05, 3.63) is 35.1 Å². The van der Waals surface area contributed by atoms with E-state index >= 15 is 0 Å². The molecule has 0 spiro atoms. The third-order valence-corrected chi connectivity index (χ3v) is 3.99. The predicted molar refractivity (Wildman–Crippen MR) is 82.1 cm³/mol. The van der Waals surface area contributed by atoms with E-state index in [9.17, 15) is 22.4 Å². The molecule has 1 unspecified atom stereocenters. The second-order valence-electron chi connectivity index (χ2n) is 6.19. The Labute approximate surface area is 138 Å². The van der Waals surface area contributed by atoms with Crippen LogP contribution in [0.25, 0.3) is 0 Å². The molecule has 24 heavy (non-hydrogen) atoms. The fraction of sp³-hybridized carbons (Fsp3) is 0.562. The SMILES string of the molecule is CN(CC(F)(F)F)C(CN)Cc1ccc(C(=O)NC2CC2)c(F)c1. The molecule has 0 aliphatic heterocycles. The molecular formula is C16H21F4N3O. The summed E-state index contributed by atoms with van der Waals surface area (Å²) in [6.07, 6.45) is -2.35. The number of nitrogens with one attached hydrogen (secondary N) is 1. The molecule has 4 nitrogen and oxygen atoms in total. The molecule has 0 saturated heterocycles. The lowest BCUT2D eigenvalue weighted by Crippen LogP contribution is -2.44. The molecule has 1 atom stereocenters. The highest BCUT2D eigenvalue weighted by Gasteiger charge is 2.31. The molecule has 1 saturated carbocycles. The molecular weight excluding hydrogens is 326 g/mol. The van der Waals surface area contributed by atoms with Crippen LogP contribution in [0.15, 0.2) is 18.2 Å². The average molecular weight is 347 g/mol. The van der Waals surface area contributed by atoms with E-state index in [1.54, 1.807) is 6.07 Å². The summed E-state index contributed by atoms with van der Waals surface area (Å²) in [6, 6.07) is 3.65. The predicted octanol–water partition coefficient (Wildman–Crippen LogP) is 2.08. The number of amides is 1. The average Bonchev–Trinajstić information content (AvgIpc) is 3.26. The smallest absolute Gasteiger partial charge is 0.349 e. The van der Waals surface area contributed by atoms with Gasteiger partial charge in [0.25, 0.3) is 5.91 Å². The summed E-state index contributed by atoms with van der Waals surface area (Å²) in [5.74, 6) is -1.15. The standard InChI is InChI=1S/C16H21F4N3O/c1-23(9-16(18,19)20)12(8-21)6-10-2-5-13(14(17)7-10)15(24)22-11-3-4-11/h2,5,7,11-12H,3-4,6,8-9,21H2,1H3,(H,22,24). The number of rotatable bonds is 7.